The summed E-state index contributed by atoms with van der Waals surface area (Å²) < 4.78 is 2.62. The summed E-state index contributed by atoms with van der Waals surface area (Å²) >= 11 is 0. The molecule has 0 spiro atoms. The van der Waals surface area contributed by atoms with Crippen LogP contribution in [0, 0.1) is 0 Å². The molecule has 0 saturated heterocycles. The van der Waals surface area contributed by atoms with Crippen LogP contribution in [0.5, 0.6) is 0 Å². The molecule has 0 amide bonds. The van der Waals surface area contributed by atoms with Gasteiger partial charge in [-0.25, -0.2) is 9.89 Å². The van der Waals surface area contributed by atoms with E-state index < -0.39 is 11.6 Å². The van der Waals surface area contributed by atoms with E-state index in [0.717, 1.165) is 52.6 Å². The molecule has 3 aromatic carbocycles. The van der Waals surface area contributed by atoms with Gasteiger partial charge in [-0.3, -0.25) is 9.36 Å². The Morgan fingerprint density at radius 2 is 1.61 bits per heavy atom. The maximum Gasteiger partial charge on any atom is 0.353 e. The standard InChI is InChI=1S/C29H29N7O2/c1-2-3-4-8-15-26-32-36(28(37)23-11-6-5-7-12-23)29(38)35(26)20-21-16-18-22(19-17-21)24-13-9-10-14-25(24)27-30-33-34-31-27/h5-7,9-14,16-19H,2-4,8,15,20H2,1H3,(H,30,31,33,34). The molecule has 0 saturated carbocycles. The molecule has 0 aliphatic rings. The Balaban J connectivity index is 1.43. The third kappa shape index (κ3) is 5.36. The van der Waals surface area contributed by atoms with Crippen LogP contribution < -0.4 is 5.69 Å². The van der Waals surface area contributed by atoms with Crippen LogP contribution >= 0.6 is 0 Å². The third-order valence-electron chi connectivity index (χ3n) is 6.54. The molecular weight excluding hydrogens is 478 g/mol. The summed E-state index contributed by atoms with van der Waals surface area (Å²) in [6.45, 7) is 2.49. The van der Waals surface area contributed by atoms with Gasteiger partial charge in [0.2, 0.25) is 0 Å². The van der Waals surface area contributed by atoms with E-state index in [-0.39, 0.29) is 0 Å². The number of rotatable bonds is 10. The Bertz CT molecular complexity index is 1550. The minimum Gasteiger partial charge on any atom is -0.274 e. The number of H-pyrrole nitrogens is 1. The Morgan fingerprint density at radius 1 is 0.868 bits per heavy atom. The van der Waals surface area contributed by atoms with Gasteiger partial charge in [-0.2, -0.15) is 0 Å². The molecule has 1 N–H and O–H groups in total. The van der Waals surface area contributed by atoms with Gasteiger partial charge < -0.3 is 0 Å². The Kier molecular flexibility index (Phi) is 7.63. The van der Waals surface area contributed by atoms with Crippen LogP contribution in [0.1, 0.15) is 54.4 Å². The second-order valence-corrected chi connectivity index (χ2v) is 9.17. The second-order valence-electron chi connectivity index (χ2n) is 9.17. The molecule has 0 radical (unpaired) electrons. The van der Waals surface area contributed by atoms with Crippen LogP contribution in [-0.2, 0) is 13.0 Å². The summed E-state index contributed by atoms with van der Waals surface area (Å²) in [4.78, 5) is 26.4. The number of unbranched alkanes of at least 4 members (excludes halogenated alkanes) is 3. The zero-order valence-corrected chi connectivity index (χ0v) is 21.2. The van der Waals surface area contributed by atoms with E-state index in [4.69, 9.17) is 0 Å². The molecule has 0 aliphatic heterocycles. The van der Waals surface area contributed by atoms with E-state index >= 15 is 0 Å². The number of aryl methyl sites for hydroxylation is 1. The molecule has 0 aliphatic carbocycles. The van der Waals surface area contributed by atoms with Crippen LogP contribution in [-0.4, -0.2) is 40.9 Å². The number of hydrogen-bond acceptors (Lipinski definition) is 6. The van der Waals surface area contributed by atoms with E-state index in [1.165, 1.54) is 0 Å². The first-order chi connectivity index (χ1) is 18.7. The summed E-state index contributed by atoms with van der Waals surface area (Å²) in [5, 5.41) is 18.7. The minimum atomic E-state index is -0.420. The number of nitrogens with one attached hydrogen (secondary N) is 1. The van der Waals surface area contributed by atoms with Crippen molar-refractivity contribution in [1.82, 2.24) is 35.0 Å². The summed E-state index contributed by atoms with van der Waals surface area (Å²) in [5.74, 6) is 0.806. The van der Waals surface area contributed by atoms with Gasteiger partial charge in [0.15, 0.2) is 5.82 Å². The molecule has 5 aromatic rings. The molecule has 0 fully saturated rings. The molecule has 192 valence electrons. The van der Waals surface area contributed by atoms with Crippen molar-refractivity contribution in [3.8, 4) is 22.5 Å². The summed E-state index contributed by atoms with van der Waals surface area (Å²) in [7, 11) is 0. The topological polar surface area (TPSA) is 111 Å². The molecular formula is C29H29N7O2. The number of aromatic nitrogens is 7. The minimum absolute atomic E-state index is 0.331. The van der Waals surface area contributed by atoms with Crippen LogP contribution in [0.15, 0.2) is 83.7 Å². The molecule has 0 bridgehead atoms. The van der Waals surface area contributed by atoms with E-state index in [9.17, 15) is 9.59 Å². The zero-order chi connectivity index (χ0) is 26.3. The number of tetrazole rings is 1. The summed E-state index contributed by atoms with van der Waals surface area (Å²) in [5.41, 5.74) is 3.85. The van der Waals surface area contributed by atoms with E-state index in [0.29, 0.717) is 30.2 Å². The first kappa shape index (κ1) is 25.0. The van der Waals surface area contributed by atoms with Crippen LogP contribution in [0.4, 0.5) is 0 Å². The van der Waals surface area contributed by atoms with Crippen molar-refractivity contribution in [2.45, 2.75) is 45.6 Å². The molecule has 9 nitrogen and oxygen atoms in total. The van der Waals surface area contributed by atoms with Gasteiger partial charge in [0.25, 0.3) is 5.91 Å². The number of carbonyl (C=O) groups excluding carboxylic acids is 1. The van der Waals surface area contributed by atoms with Crippen molar-refractivity contribution < 1.29 is 4.79 Å². The second kappa shape index (κ2) is 11.6. The fourth-order valence-electron chi connectivity index (χ4n) is 4.51. The zero-order valence-electron chi connectivity index (χ0n) is 21.2. The average Bonchev–Trinajstić information content (AvgIpc) is 3.61. The molecule has 2 aromatic heterocycles. The van der Waals surface area contributed by atoms with E-state index in [1.807, 2.05) is 54.6 Å². The van der Waals surface area contributed by atoms with Crippen LogP contribution in [0.25, 0.3) is 22.5 Å². The molecule has 2 heterocycles. The van der Waals surface area contributed by atoms with Gasteiger partial charge in [-0.05, 0) is 45.7 Å². The Hall–Kier alpha value is -4.66. The van der Waals surface area contributed by atoms with Crippen molar-refractivity contribution in [2.75, 3.05) is 0 Å². The number of carbonyl (C=O) groups is 1. The first-order valence-corrected chi connectivity index (χ1v) is 12.9. The predicted octanol–water partition coefficient (Wildman–Crippen LogP) is 4.75. The smallest absolute Gasteiger partial charge is 0.274 e. The maximum absolute atomic E-state index is 13.4. The van der Waals surface area contributed by atoms with Crippen molar-refractivity contribution in [3.05, 3.63) is 106 Å². The van der Waals surface area contributed by atoms with Crippen molar-refractivity contribution in [2.24, 2.45) is 0 Å². The number of hydrogen-bond donors (Lipinski definition) is 1. The maximum atomic E-state index is 13.4. The predicted molar refractivity (Wildman–Crippen MR) is 145 cm³/mol. The van der Waals surface area contributed by atoms with Gasteiger partial charge in [0, 0.05) is 17.5 Å². The molecule has 0 unspecified atom stereocenters. The van der Waals surface area contributed by atoms with Gasteiger partial charge in [0.1, 0.15) is 5.82 Å². The van der Waals surface area contributed by atoms with Gasteiger partial charge >= 0.3 is 5.69 Å². The fraction of sp³-hybridized carbons (Fsp3) is 0.241. The van der Waals surface area contributed by atoms with Crippen molar-refractivity contribution in [3.63, 3.8) is 0 Å². The third-order valence-corrected chi connectivity index (χ3v) is 6.54. The highest BCUT2D eigenvalue weighted by Crippen LogP contribution is 2.29. The lowest BCUT2D eigenvalue weighted by atomic mass is 9.98. The lowest BCUT2D eigenvalue weighted by molar-refractivity contribution is 0.0939. The summed E-state index contributed by atoms with van der Waals surface area (Å²) in [6, 6.07) is 24.7. The van der Waals surface area contributed by atoms with Crippen molar-refractivity contribution in [1.29, 1.82) is 0 Å². The number of aromatic amines is 1. The molecule has 5 rings (SSSR count). The largest absolute Gasteiger partial charge is 0.353 e. The number of benzene rings is 3. The lowest BCUT2D eigenvalue weighted by Gasteiger charge is -2.09. The normalized spacial score (nSPS) is 11.1. The Morgan fingerprint density at radius 3 is 2.32 bits per heavy atom. The average molecular weight is 508 g/mol. The van der Waals surface area contributed by atoms with E-state index in [2.05, 4.69) is 32.6 Å². The van der Waals surface area contributed by atoms with Gasteiger partial charge in [0.05, 0.1) is 6.54 Å². The summed E-state index contributed by atoms with van der Waals surface area (Å²) in [6.07, 6.45) is 4.85. The van der Waals surface area contributed by atoms with Gasteiger partial charge in [-0.15, -0.1) is 14.9 Å². The monoisotopic (exact) mass is 507 g/mol. The highest BCUT2D eigenvalue weighted by Gasteiger charge is 2.20. The molecule has 9 heteroatoms. The van der Waals surface area contributed by atoms with Crippen molar-refractivity contribution >= 4 is 5.91 Å². The number of nitrogens with zero attached hydrogens (tertiary/aromatic N) is 6. The lowest BCUT2D eigenvalue weighted by Crippen LogP contribution is -2.30. The Labute approximate surface area is 220 Å². The van der Waals surface area contributed by atoms with E-state index in [1.54, 1.807) is 28.8 Å². The highest BCUT2D eigenvalue weighted by molar-refractivity contribution is 5.95. The molecule has 0 atom stereocenters. The molecule has 38 heavy (non-hydrogen) atoms. The fourth-order valence-corrected chi connectivity index (χ4v) is 4.51. The quantitative estimate of drug-likeness (QED) is 0.273. The van der Waals surface area contributed by atoms with Gasteiger partial charge in [-0.1, -0.05) is 92.9 Å². The first-order valence-electron chi connectivity index (χ1n) is 12.9. The SMILES string of the molecule is CCCCCCc1nn(C(=O)c2ccccc2)c(=O)n1Cc1ccc(-c2ccccc2-c2nnn[nH]2)cc1. The van der Waals surface area contributed by atoms with Crippen LogP contribution in [0.2, 0.25) is 0 Å². The highest BCUT2D eigenvalue weighted by atomic mass is 16.2. The van der Waals surface area contributed by atoms with Crippen LogP contribution in [0.3, 0.4) is 0 Å².